The summed E-state index contributed by atoms with van der Waals surface area (Å²) < 4.78 is 10.1. The van der Waals surface area contributed by atoms with Gasteiger partial charge in [0.1, 0.15) is 0 Å². The highest BCUT2D eigenvalue weighted by atomic mass is 79.9. The van der Waals surface area contributed by atoms with Crippen LogP contribution < -0.4 is 0 Å². The SMILES string of the molecule is COC(=O)c1c([N+](=O)[O-])noc1-c1ccccc1Br. The predicted octanol–water partition coefficient (Wildman–Crippen LogP) is 2.80. The Labute approximate surface area is 115 Å². The number of nitro groups is 1. The molecule has 0 spiro atoms. The Kier molecular flexibility index (Phi) is 3.61. The average Bonchev–Trinajstić information content (AvgIpc) is 2.83. The Morgan fingerprint density at radius 3 is 2.74 bits per heavy atom. The average molecular weight is 327 g/mol. The number of halogens is 1. The summed E-state index contributed by atoms with van der Waals surface area (Å²) >= 11 is 3.27. The monoisotopic (exact) mass is 326 g/mol. The Morgan fingerprint density at radius 2 is 2.16 bits per heavy atom. The van der Waals surface area contributed by atoms with E-state index >= 15 is 0 Å². The second-order valence-corrected chi connectivity index (χ2v) is 4.29. The van der Waals surface area contributed by atoms with Crippen molar-refractivity contribution in [3.8, 4) is 11.3 Å². The molecule has 0 fully saturated rings. The molecule has 0 amide bonds. The second kappa shape index (κ2) is 5.19. The third kappa shape index (κ3) is 2.34. The number of benzene rings is 1. The zero-order chi connectivity index (χ0) is 14.0. The first kappa shape index (κ1) is 13.2. The van der Waals surface area contributed by atoms with E-state index in [0.29, 0.717) is 10.0 Å². The fourth-order valence-corrected chi connectivity index (χ4v) is 1.99. The molecule has 2 aromatic rings. The van der Waals surface area contributed by atoms with Gasteiger partial charge in [-0.05, 0) is 17.1 Å². The van der Waals surface area contributed by atoms with E-state index in [2.05, 4.69) is 25.8 Å². The first-order valence-corrected chi connectivity index (χ1v) is 5.82. The van der Waals surface area contributed by atoms with Gasteiger partial charge in [0.25, 0.3) is 0 Å². The highest BCUT2D eigenvalue weighted by Crippen LogP contribution is 2.35. The molecule has 1 aromatic carbocycles. The van der Waals surface area contributed by atoms with Crippen molar-refractivity contribution in [1.82, 2.24) is 5.16 Å². The van der Waals surface area contributed by atoms with Gasteiger partial charge >= 0.3 is 11.8 Å². The van der Waals surface area contributed by atoms with Crippen molar-refractivity contribution in [3.63, 3.8) is 0 Å². The Bertz CT molecular complexity index is 652. The van der Waals surface area contributed by atoms with Gasteiger partial charge in [-0.1, -0.05) is 28.1 Å². The van der Waals surface area contributed by atoms with E-state index in [1.54, 1.807) is 24.3 Å². The second-order valence-electron chi connectivity index (χ2n) is 3.44. The summed E-state index contributed by atoms with van der Waals surface area (Å²) in [4.78, 5) is 21.7. The fraction of sp³-hybridized carbons (Fsp3) is 0.0909. The number of hydrogen-bond acceptors (Lipinski definition) is 6. The van der Waals surface area contributed by atoms with Crippen LogP contribution in [0.3, 0.4) is 0 Å². The third-order valence-electron chi connectivity index (χ3n) is 2.36. The highest BCUT2D eigenvalue weighted by Gasteiger charge is 2.34. The molecule has 0 saturated heterocycles. The molecule has 0 saturated carbocycles. The number of methoxy groups -OCH3 is 1. The van der Waals surface area contributed by atoms with Crippen molar-refractivity contribution in [3.05, 3.63) is 44.4 Å². The van der Waals surface area contributed by atoms with Gasteiger partial charge in [-0.2, -0.15) is 0 Å². The lowest BCUT2D eigenvalue weighted by Gasteiger charge is -2.00. The van der Waals surface area contributed by atoms with Crippen LogP contribution in [0.5, 0.6) is 0 Å². The lowest BCUT2D eigenvalue weighted by Crippen LogP contribution is -2.05. The van der Waals surface area contributed by atoms with Gasteiger partial charge in [-0.3, -0.25) is 4.52 Å². The largest absolute Gasteiger partial charge is 0.465 e. The van der Waals surface area contributed by atoms with E-state index in [9.17, 15) is 14.9 Å². The fourth-order valence-electron chi connectivity index (χ4n) is 1.52. The van der Waals surface area contributed by atoms with Gasteiger partial charge in [0.05, 0.1) is 7.11 Å². The van der Waals surface area contributed by atoms with Crippen molar-refractivity contribution >= 4 is 27.7 Å². The first-order chi connectivity index (χ1) is 9.06. The molecule has 0 N–H and O–H groups in total. The van der Waals surface area contributed by atoms with Crippen molar-refractivity contribution < 1.29 is 19.0 Å². The van der Waals surface area contributed by atoms with Crippen LogP contribution in [-0.2, 0) is 4.74 Å². The van der Waals surface area contributed by atoms with Gasteiger partial charge < -0.3 is 14.9 Å². The topological polar surface area (TPSA) is 95.5 Å². The molecular formula is C11H7BrN2O5. The summed E-state index contributed by atoms with van der Waals surface area (Å²) in [6.45, 7) is 0. The molecule has 1 heterocycles. The summed E-state index contributed by atoms with van der Waals surface area (Å²) in [5.74, 6) is -1.55. The van der Waals surface area contributed by atoms with Crippen LogP contribution in [0.15, 0.2) is 33.3 Å². The maximum Gasteiger partial charge on any atom is 0.428 e. The van der Waals surface area contributed by atoms with Gasteiger partial charge in [0, 0.05) is 10.0 Å². The van der Waals surface area contributed by atoms with Crippen LogP contribution in [0.25, 0.3) is 11.3 Å². The molecule has 98 valence electrons. The van der Waals surface area contributed by atoms with E-state index in [-0.39, 0.29) is 11.3 Å². The lowest BCUT2D eigenvalue weighted by molar-refractivity contribution is -0.391. The minimum Gasteiger partial charge on any atom is -0.465 e. The van der Waals surface area contributed by atoms with E-state index in [1.807, 2.05) is 0 Å². The smallest absolute Gasteiger partial charge is 0.428 e. The van der Waals surface area contributed by atoms with Crippen molar-refractivity contribution in [2.45, 2.75) is 0 Å². The lowest BCUT2D eigenvalue weighted by atomic mass is 10.1. The van der Waals surface area contributed by atoms with Crippen LogP contribution in [-0.4, -0.2) is 23.2 Å². The molecule has 0 bridgehead atoms. The van der Waals surface area contributed by atoms with Crippen LogP contribution in [0, 0.1) is 10.1 Å². The summed E-state index contributed by atoms with van der Waals surface area (Å²) in [6.07, 6.45) is 0. The normalized spacial score (nSPS) is 10.2. The molecule has 2 rings (SSSR count). The summed E-state index contributed by atoms with van der Waals surface area (Å²) in [5.41, 5.74) is 0.169. The molecule has 0 radical (unpaired) electrons. The molecule has 19 heavy (non-hydrogen) atoms. The maximum absolute atomic E-state index is 11.7. The Balaban J connectivity index is 2.68. The molecule has 0 aliphatic rings. The molecule has 8 heteroatoms. The van der Waals surface area contributed by atoms with Crippen LogP contribution >= 0.6 is 15.9 Å². The van der Waals surface area contributed by atoms with Crippen molar-refractivity contribution in [2.24, 2.45) is 0 Å². The quantitative estimate of drug-likeness (QED) is 0.489. The summed E-state index contributed by atoms with van der Waals surface area (Å²) in [5, 5.41) is 14.1. The minimum absolute atomic E-state index is 0.00831. The Morgan fingerprint density at radius 1 is 1.47 bits per heavy atom. The van der Waals surface area contributed by atoms with Crippen molar-refractivity contribution in [1.29, 1.82) is 0 Å². The summed E-state index contributed by atoms with van der Waals surface area (Å²) in [7, 11) is 1.13. The molecular weight excluding hydrogens is 320 g/mol. The number of nitrogens with zero attached hydrogens (tertiary/aromatic N) is 2. The minimum atomic E-state index is -0.876. The molecule has 0 unspecified atom stereocenters. The van der Waals surface area contributed by atoms with E-state index in [1.165, 1.54) is 0 Å². The molecule has 1 aromatic heterocycles. The van der Waals surface area contributed by atoms with Gasteiger partial charge in [-0.15, -0.1) is 0 Å². The number of esters is 1. The molecule has 0 aliphatic carbocycles. The summed E-state index contributed by atoms with van der Waals surface area (Å²) in [6, 6.07) is 6.82. The van der Waals surface area contributed by atoms with Crippen molar-refractivity contribution in [2.75, 3.05) is 7.11 Å². The predicted molar refractivity (Wildman–Crippen MR) is 67.6 cm³/mol. The zero-order valence-electron chi connectivity index (χ0n) is 9.62. The number of carbonyl (C=O) groups is 1. The number of ether oxygens (including phenoxy) is 1. The number of carbonyl (C=O) groups excluding carboxylic acids is 1. The first-order valence-electron chi connectivity index (χ1n) is 5.03. The Hall–Kier alpha value is -2.22. The standard InChI is InChI=1S/C11H7BrN2O5/c1-18-11(15)8-9(19-13-10(8)14(16)17)6-4-2-3-5-7(6)12/h2-5H,1H3. The van der Waals surface area contributed by atoms with Crippen LogP contribution in [0.1, 0.15) is 10.4 Å². The number of aromatic nitrogens is 1. The number of hydrogen-bond donors (Lipinski definition) is 0. The third-order valence-corrected chi connectivity index (χ3v) is 3.05. The van der Waals surface area contributed by atoms with Gasteiger partial charge in [0.2, 0.25) is 11.3 Å². The van der Waals surface area contributed by atoms with Gasteiger partial charge in [0.15, 0.2) is 5.16 Å². The van der Waals surface area contributed by atoms with E-state index < -0.39 is 16.7 Å². The van der Waals surface area contributed by atoms with E-state index in [0.717, 1.165) is 7.11 Å². The van der Waals surface area contributed by atoms with Crippen LogP contribution in [0.2, 0.25) is 0 Å². The highest BCUT2D eigenvalue weighted by molar-refractivity contribution is 9.10. The van der Waals surface area contributed by atoms with Crippen LogP contribution in [0.4, 0.5) is 5.82 Å². The van der Waals surface area contributed by atoms with Gasteiger partial charge in [-0.25, -0.2) is 4.79 Å². The number of rotatable bonds is 3. The molecule has 7 nitrogen and oxygen atoms in total. The van der Waals surface area contributed by atoms with E-state index in [4.69, 9.17) is 4.52 Å². The maximum atomic E-state index is 11.7. The molecule has 0 atom stereocenters. The zero-order valence-corrected chi connectivity index (χ0v) is 11.2. The molecule has 0 aliphatic heterocycles.